The second kappa shape index (κ2) is 8.73. The largest absolute Gasteiger partial charge is 0.359 e. The smallest absolute Gasteiger partial charge is 0.221 e. The molecular formula is C12H19IN4O. The van der Waals surface area contributed by atoms with E-state index in [1.165, 1.54) is 6.92 Å². The number of aliphatic imine (C=N–C) groups is 1. The van der Waals surface area contributed by atoms with Crippen LogP contribution in [0.3, 0.4) is 0 Å². The molecule has 1 aromatic rings. The molecule has 0 aliphatic carbocycles. The molecule has 0 fully saturated rings. The zero-order valence-electron chi connectivity index (χ0n) is 10.8. The van der Waals surface area contributed by atoms with Gasteiger partial charge in [-0.3, -0.25) is 9.79 Å². The highest BCUT2D eigenvalue weighted by Crippen LogP contribution is 2.10. The van der Waals surface area contributed by atoms with Gasteiger partial charge in [0.1, 0.15) is 0 Å². The lowest BCUT2D eigenvalue weighted by atomic mass is 10.2. The molecule has 0 radical (unpaired) electrons. The highest BCUT2D eigenvalue weighted by molar-refractivity contribution is 14.0. The van der Waals surface area contributed by atoms with E-state index in [1.54, 1.807) is 7.05 Å². The molecule has 0 heterocycles. The number of guanidine groups is 1. The van der Waals surface area contributed by atoms with Crippen molar-refractivity contribution in [3.05, 3.63) is 29.8 Å². The number of halogens is 1. The molecule has 6 heteroatoms. The monoisotopic (exact) mass is 362 g/mol. The molecule has 0 aliphatic heterocycles. The SMILES string of the molecule is CN=C(NC)NCc1cccc(NC(C)=O)c1.I. The van der Waals surface area contributed by atoms with Crippen molar-refractivity contribution >= 4 is 41.5 Å². The molecule has 0 saturated carbocycles. The summed E-state index contributed by atoms with van der Waals surface area (Å²) in [4.78, 5) is 14.9. The van der Waals surface area contributed by atoms with Crippen LogP contribution in [0.25, 0.3) is 0 Å². The normalized spacial score (nSPS) is 10.3. The molecule has 0 saturated heterocycles. The first-order valence-electron chi connectivity index (χ1n) is 5.40. The van der Waals surface area contributed by atoms with Crippen LogP contribution in [0.4, 0.5) is 5.69 Å². The van der Waals surface area contributed by atoms with E-state index in [2.05, 4.69) is 20.9 Å². The second-order valence-electron chi connectivity index (χ2n) is 3.56. The molecule has 0 atom stereocenters. The molecule has 0 spiro atoms. The Kier molecular flexibility index (Phi) is 8.10. The van der Waals surface area contributed by atoms with E-state index in [-0.39, 0.29) is 29.9 Å². The van der Waals surface area contributed by atoms with Gasteiger partial charge in [-0.15, -0.1) is 24.0 Å². The predicted molar refractivity (Wildman–Crippen MR) is 85.4 cm³/mol. The van der Waals surface area contributed by atoms with Crippen molar-refractivity contribution < 1.29 is 4.79 Å². The van der Waals surface area contributed by atoms with Crippen LogP contribution in [0.2, 0.25) is 0 Å². The third-order valence-corrected chi connectivity index (χ3v) is 2.17. The molecule has 0 unspecified atom stereocenters. The van der Waals surface area contributed by atoms with Gasteiger partial charge in [-0.1, -0.05) is 12.1 Å². The molecule has 1 amide bonds. The number of amides is 1. The topological polar surface area (TPSA) is 65.5 Å². The number of anilines is 1. The van der Waals surface area contributed by atoms with E-state index in [0.29, 0.717) is 6.54 Å². The maximum Gasteiger partial charge on any atom is 0.221 e. The fraction of sp³-hybridized carbons (Fsp3) is 0.333. The van der Waals surface area contributed by atoms with E-state index < -0.39 is 0 Å². The van der Waals surface area contributed by atoms with Gasteiger partial charge in [-0.2, -0.15) is 0 Å². The Hall–Kier alpha value is -1.31. The molecule has 5 nitrogen and oxygen atoms in total. The Bertz CT molecular complexity index is 420. The summed E-state index contributed by atoms with van der Waals surface area (Å²) in [5, 5.41) is 8.83. The van der Waals surface area contributed by atoms with Crippen LogP contribution < -0.4 is 16.0 Å². The number of carbonyl (C=O) groups is 1. The zero-order chi connectivity index (χ0) is 12.7. The maximum atomic E-state index is 10.9. The van der Waals surface area contributed by atoms with Gasteiger partial charge < -0.3 is 16.0 Å². The highest BCUT2D eigenvalue weighted by Gasteiger charge is 1.99. The number of hydrogen-bond acceptors (Lipinski definition) is 2. The maximum absolute atomic E-state index is 10.9. The van der Waals surface area contributed by atoms with E-state index in [0.717, 1.165) is 17.2 Å². The van der Waals surface area contributed by atoms with Crippen molar-refractivity contribution in [2.75, 3.05) is 19.4 Å². The van der Waals surface area contributed by atoms with Crippen LogP contribution in [0.15, 0.2) is 29.3 Å². The van der Waals surface area contributed by atoms with Gasteiger partial charge in [0.15, 0.2) is 5.96 Å². The van der Waals surface area contributed by atoms with Crippen molar-refractivity contribution in [2.45, 2.75) is 13.5 Å². The summed E-state index contributed by atoms with van der Waals surface area (Å²) in [5.74, 6) is 0.663. The summed E-state index contributed by atoms with van der Waals surface area (Å²) < 4.78 is 0. The number of benzene rings is 1. The predicted octanol–water partition coefficient (Wildman–Crippen LogP) is 1.56. The minimum Gasteiger partial charge on any atom is -0.359 e. The van der Waals surface area contributed by atoms with Crippen LogP contribution in [0, 0.1) is 0 Å². The van der Waals surface area contributed by atoms with E-state index in [1.807, 2.05) is 31.3 Å². The van der Waals surface area contributed by atoms with Crippen LogP contribution in [0.5, 0.6) is 0 Å². The Morgan fingerprint density at radius 3 is 2.67 bits per heavy atom. The van der Waals surface area contributed by atoms with Gasteiger partial charge in [0, 0.05) is 33.3 Å². The van der Waals surface area contributed by atoms with Crippen molar-refractivity contribution in [1.82, 2.24) is 10.6 Å². The third kappa shape index (κ3) is 5.85. The van der Waals surface area contributed by atoms with Crippen molar-refractivity contribution in [3.8, 4) is 0 Å². The molecule has 0 aliphatic rings. The number of hydrogen-bond donors (Lipinski definition) is 3. The van der Waals surface area contributed by atoms with Crippen molar-refractivity contribution in [1.29, 1.82) is 0 Å². The Morgan fingerprint density at radius 1 is 1.39 bits per heavy atom. The summed E-state index contributed by atoms with van der Waals surface area (Å²) in [6.07, 6.45) is 0. The van der Waals surface area contributed by atoms with Gasteiger partial charge in [0.2, 0.25) is 5.91 Å². The van der Waals surface area contributed by atoms with Gasteiger partial charge in [0.05, 0.1) is 0 Å². The van der Waals surface area contributed by atoms with Gasteiger partial charge in [0.25, 0.3) is 0 Å². The quantitative estimate of drug-likeness (QED) is 0.434. The number of nitrogens with zero attached hydrogens (tertiary/aromatic N) is 1. The van der Waals surface area contributed by atoms with Crippen LogP contribution in [-0.2, 0) is 11.3 Å². The third-order valence-electron chi connectivity index (χ3n) is 2.17. The standard InChI is InChI=1S/C12H18N4O.HI/c1-9(17)16-11-6-4-5-10(7-11)8-15-12(13-2)14-3;/h4-7H,8H2,1-3H3,(H,16,17)(H2,13,14,15);1H. The summed E-state index contributed by atoms with van der Waals surface area (Å²) >= 11 is 0. The van der Waals surface area contributed by atoms with Gasteiger partial charge in [-0.05, 0) is 17.7 Å². The number of rotatable bonds is 3. The Labute approximate surface area is 124 Å². The lowest BCUT2D eigenvalue weighted by Crippen LogP contribution is -2.34. The lowest BCUT2D eigenvalue weighted by molar-refractivity contribution is -0.114. The molecule has 3 N–H and O–H groups in total. The first-order valence-corrected chi connectivity index (χ1v) is 5.40. The number of nitrogens with one attached hydrogen (secondary N) is 3. The van der Waals surface area contributed by atoms with Crippen LogP contribution >= 0.6 is 24.0 Å². The number of carbonyl (C=O) groups excluding carboxylic acids is 1. The molecule has 0 bridgehead atoms. The summed E-state index contributed by atoms with van der Waals surface area (Å²) in [6.45, 7) is 2.15. The first kappa shape index (κ1) is 16.7. The average molecular weight is 362 g/mol. The van der Waals surface area contributed by atoms with E-state index in [4.69, 9.17) is 0 Å². The average Bonchev–Trinajstić information content (AvgIpc) is 2.30. The fourth-order valence-corrected chi connectivity index (χ4v) is 1.43. The van der Waals surface area contributed by atoms with Crippen molar-refractivity contribution in [2.24, 2.45) is 4.99 Å². The van der Waals surface area contributed by atoms with Gasteiger partial charge >= 0.3 is 0 Å². The second-order valence-corrected chi connectivity index (χ2v) is 3.56. The fourth-order valence-electron chi connectivity index (χ4n) is 1.43. The highest BCUT2D eigenvalue weighted by atomic mass is 127. The van der Waals surface area contributed by atoms with Gasteiger partial charge in [-0.25, -0.2) is 0 Å². The lowest BCUT2D eigenvalue weighted by Gasteiger charge is -2.09. The van der Waals surface area contributed by atoms with Crippen molar-refractivity contribution in [3.63, 3.8) is 0 Å². The van der Waals surface area contributed by atoms with E-state index >= 15 is 0 Å². The molecule has 1 rings (SSSR count). The minimum absolute atomic E-state index is 0. The minimum atomic E-state index is -0.0684. The molecule has 0 aromatic heterocycles. The summed E-state index contributed by atoms with van der Waals surface area (Å²) in [5.41, 5.74) is 1.88. The zero-order valence-corrected chi connectivity index (χ0v) is 13.1. The Balaban J connectivity index is 0.00000289. The first-order chi connectivity index (χ1) is 8.15. The molecule has 18 heavy (non-hydrogen) atoms. The van der Waals surface area contributed by atoms with E-state index in [9.17, 15) is 4.79 Å². The summed E-state index contributed by atoms with van der Waals surface area (Å²) in [7, 11) is 3.52. The molecule has 1 aromatic carbocycles. The summed E-state index contributed by atoms with van der Waals surface area (Å²) in [6, 6.07) is 7.68. The van der Waals surface area contributed by atoms with Crippen LogP contribution in [-0.4, -0.2) is 26.0 Å². The molecule has 100 valence electrons. The van der Waals surface area contributed by atoms with Crippen LogP contribution in [0.1, 0.15) is 12.5 Å². The molecular weight excluding hydrogens is 343 g/mol. The Morgan fingerprint density at radius 2 is 2.11 bits per heavy atom.